The molecule has 0 radical (unpaired) electrons. The Hall–Kier alpha value is -2.47. The van der Waals surface area contributed by atoms with Crippen molar-refractivity contribution in [3.05, 3.63) is 47.7 Å². The molecule has 1 amide bonds. The lowest BCUT2D eigenvalue weighted by atomic mass is 10.1. The van der Waals surface area contributed by atoms with Gasteiger partial charge in [-0.25, -0.2) is 0 Å². The lowest BCUT2D eigenvalue weighted by Crippen LogP contribution is -2.47. The fourth-order valence-corrected chi connectivity index (χ4v) is 2.66. The van der Waals surface area contributed by atoms with Crippen LogP contribution in [-0.4, -0.2) is 59.1 Å². The maximum absolute atomic E-state index is 12.4. The van der Waals surface area contributed by atoms with Crippen LogP contribution in [0.1, 0.15) is 23.0 Å². The summed E-state index contributed by atoms with van der Waals surface area (Å²) in [5, 5.41) is 11.4. The van der Waals surface area contributed by atoms with Gasteiger partial charge in [-0.05, 0) is 43.3 Å². The number of aryl methyl sites for hydroxylation is 1. The molecule has 1 aromatic heterocycles. The van der Waals surface area contributed by atoms with Gasteiger partial charge in [0.1, 0.15) is 0 Å². The number of amides is 1. The highest BCUT2D eigenvalue weighted by molar-refractivity contribution is 5.92. The molecule has 1 N–H and O–H groups in total. The predicted octanol–water partition coefficient (Wildman–Crippen LogP) is 2.17. The zero-order chi connectivity index (χ0) is 16.9. The van der Waals surface area contributed by atoms with E-state index in [1.165, 1.54) is 5.56 Å². The summed E-state index contributed by atoms with van der Waals surface area (Å²) in [5.74, 6) is 0.587. The second kappa shape index (κ2) is 7.40. The van der Waals surface area contributed by atoms with Gasteiger partial charge in [-0.1, -0.05) is 19.1 Å². The van der Waals surface area contributed by atoms with Gasteiger partial charge in [-0.2, -0.15) is 0 Å². The molecule has 0 atom stereocenters. The molecule has 0 bridgehead atoms. The third kappa shape index (κ3) is 3.89. The quantitative estimate of drug-likeness (QED) is 0.933. The van der Waals surface area contributed by atoms with Crippen LogP contribution in [0.5, 0.6) is 0 Å². The van der Waals surface area contributed by atoms with Crippen LogP contribution in [0.15, 0.2) is 36.4 Å². The first kappa shape index (κ1) is 16.4. The average Bonchev–Trinajstić information content (AvgIpc) is 2.63. The van der Waals surface area contributed by atoms with Gasteiger partial charge in [0.15, 0.2) is 11.5 Å². The molecule has 24 heavy (non-hydrogen) atoms. The Morgan fingerprint density at radius 2 is 1.75 bits per heavy atom. The van der Waals surface area contributed by atoms with Crippen molar-refractivity contribution < 1.29 is 4.79 Å². The number of piperazine rings is 1. The standard InChI is InChI=1S/C18H23N5O/c1-3-14-4-6-15(7-5-14)19-17-9-8-16(20-21-17)18(24)23-12-10-22(2)11-13-23/h4-9H,3,10-13H2,1-2H3,(H,19,21). The first-order chi connectivity index (χ1) is 11.7. The molecule has 0 unspecified atom stereocenters. The predicted molar refractivity (Wildman–Crippen MR) is 94.5 cm³/mol. The number of hydrogen-bond donors (Lipinski definition) is 1. The van der Waals surface area contributed by atoms with Gasteiger partial charge in [0.25, 0.3) is 5.91 Å². The van der Waals surface area contributed by atoms with Crippen molar-refractivity contribution in [3.8, 4) is 0 Å². The second-order valence-electron chi connectivity index (χ2n) is 6.07. The van der Waals surface area contributed by atoms with Gasteiger partial charge in [0.2, 0.25) is 0 Å². The highest BCUT2D eigenvalue weighted by Crippen LogP contribution is 2.15. The largest absolute Gasteiger partial charge is 0.339 e. The second-order valence-corrected chi connectivity index (χ2v) is 6.07. The Balaban J connectivity index is 1.63. The number of likely N-dealkylation sites (N-methyl/N-ethyl adjacent to an activating group) is 1. The third-order valence-corrected chi connectivity index (χ3v) is 4.31. The van der Waals surface area contributed by atoms with E-state index in [2.05, 4.69) is 46.5 Å². The van der Waals surface area contributed by atoms with E-state index < -0.39 is 0 Å². The smallest absolute Gasteiger partial charge is 0.274 e. The molecule has 2 heterocycles. The van der Waals surface area contributed by atoms with Crippen molar-refractivity contribution in [2.24, 2.45) is 0 Å². The van der Waals surface area contributed by atoms with Gasteiger partial charge >= 0.3 is 0 Å². The minimum Gasteiger partial charge on any atom is -0.339 e. The first-order valence-electron chi connectivity index (χ1n) is 8.33. The molecular weight excluding hydrogens is 302 g/mol. The lowest BCUT2D eigenvalue weighted by molar-refractivity contribution is 0.0657. The van der Waals surface area contributed by atoms with Crippen molar-refractivity contribution in [2.75, 3.05) is 38.5 Å². The Morgan fingerprint density at radius 1 is 1.04 bits per heavy atom. The van der Waals surface area contributed by atoms with Gasteiger partial charge < -0.3 is 15.1 Å². The van der Waals surface area contributed by atoms with E-state index in [0.717, 1.165) is 38.3 Å². The summed E-state index contributed by atoms with van der Waals surface area (Å²) in [5.41, 5.74) is 2.64. The number of aromatic nitrogens is 2. The molecular formula is C18H23N5O. The lowest BCUT2D eigenvalue weighted by Gasteiger charge is -2.32. The van der Waals surface area contributed by atoms with E-state index in [9.17, 15) is 4.79 Å². The van der Waals surface area contributed by atoms with Crippen LogP contribution in [0.3, 0.4) is 0 Å². The molecule has 3 rings (SSSR count). The van der Waals surface area contributed by atoms with Crippen molar-refractivity contribution >= 4 is 17.4 Å². The van der Waals surface area contributed by atoms with E-state index in [1.54, 1.807) is 12.1 Å². The molecule has 1 aliphatic heterocycles. The zero-order valence-electron chi connectivity index (χ0n) is 14.2. The number of carbonyl (C=O) groups is 1. The molecule has 2 aromatic rings. The van der Waals surface area contributed by atoms with Gasteiger partial charge in [-0.15, -0.1) is 10.2 Å². The molecule has 1 fully saturated rings. The van der Waals surface area contributed by atoms with Crippen LogP contribution in [0.4, 0.5) is 11.5 Å². The molecule has 126 valence electrons. The Bertz CT molecular complexity index is 676. The van der Waals surface area contributed by atoms with Gasteiger partial charge in [0, 0.05) is 31.9 Å². The van der Waals surface area contributed by atoms with Gasteiger partial charge in [0.05, 0.1) is 0 Å². The highest BCUT2D eigenvalue weighted by atomic mass is 16.2. The number of carbonyl (C=O) groups excluding carboxylic acids is 1. The molecule has 0 aliphatic carbocycles. The molecule has 6 nitrogen and oxygen atoms in total. The van der Waals surface area contributed by atoms with Crippen molar-refractivity contribution in [1.29, 1.82) is 0 Å². The topological polar surface area (TPSA) is 61.4 Å². The fourth-order valence-electron chi connectivity index (χ4n) is 2.66. The molecule has 1 aliphatic rings. The molecule has 0 spiro atoms. The van der Waals surface area contributed by atoms with E-state index in [1.807, 2.05) is 17.0 Å². The van der Waals surface area contributed by atoms with E-state index in [4.69, 9.17) is 0 Å². The SMILES string of the molecule is CCc1ccc(Nc2ccc(C(=O)N3CCN(C)CC3)nn2)cc1. The minimum atomic E-state index is -0.0468. The van der Waals surface area contributed by atoms with Crippen molar-refractivity contribution in [2.45, 2.75) is 13.3 Å². The van der Waals surface area contributed by atoms with Crippen molar-refractivity contribution in [1.82, 2.24) is 20.0 Å². The fraction of sp³-hybridized carbons (Fsp3) is 0.389. The maximum atomic E-state index is 12.4. The highest BCUT2D eigenvalue weighted by Gasteiger charge is 2.21. The number of nitrogens with one attached hydrogen (secondary N) is 1. The number of rotatable bonds is 4. The first-order valence-corrected chi connectivity index (χ1v) is 8.33. The van der Waals surface area contributed by atoms with E-state index >= 15 is 0 Å². The summed E-state index contributed by atoms with van der Waals surface area (Å²) in [6, 6.07) is 11.7. The number of anilines is 2. The van der Waals surface area contributed by atoms with Crippen LogP contribution in [0, 0.1) is 0 Å². The zero-order valence-corrected chi connectivity index (χ0v) is 14.2. The summed E-state index contributed by atoms with van der Waals surface area (Å²) in [4.78, 5) is 16.5. The van der Waals surface area contributed by atoms with Crippen LogP contribution in [0.25, 0.3) is 0 Å². The van der Waals surface area contributed by atoms with Crippen LogP contribution in [-0.2, 0) is 6.42 Å². The Labute approximate surface area is 142 Å². The number of nitrogens with zero attached hydrogens (tertiary/aromatic N) is 4. The molecule has 1 saturated heterocycles. The Morgan fingerprint density at radius 3 is 2.33 bits per heavy atom. The molecule has 1 aromatic carbocycles. The number of benzene rings is 1. The van der Waals surface area contributed by atoms with E-state index in [-0.39, 0.29) is 5.91 Å². The normalized spacial score (nSPS) is 15.3. The van der Waals surface area contributed by atoms with E-state index in [0.29, 0.717) is 11.5 Å². The average molecular weight is 325 g/mol. The Kier molecular flexibility index (Phi) is 5.05. The number of hydrogen-bond acceptors (Lipinski definition) is 5. The third-order valence-electron chi connectivity index (χ3n) is 4.31. The van der Waals surface area contributed by atoms with Crippen molar-refractivity contribution in [3.63, 3.8) is 0 Å². The molecule has 0 saturated carbocycles. The van der Waals surface area contributed by atoms with Crippen LogP contribution in [0.2, 0.25) is 0 Å². The summed E-state index contributed by atoms with van der Waals surface area (Å²) in [6.45, 7) is 5.39. The van der Waals surface area contributed by atoms with Crippen LogP contribution < -0.4 is 5.32 Å². The maximum Gasteiger partial charge on any atom is 0.274 e. The van der Waals surface area contributed by atoms with Gasteiger partial charge in [-0.3, -0.25) is 4.79 Å². The van der Waals surface area contributed by atoms with Crippen LogP contribution >= 0.6 is 0 Å². The monoisotopic (exact) mass is 325 g/mol. The summed E-state index contributed by atoms with van der Waals surface area (Å²) in [7, 11) is 2.06. The molecule has 6 heteroatoms. The summed E-state index contributed by atoms with van der Waals surface area (Å²) >= 11 is 0. The summed E-state index contributed by atoms with van der Waals surface area (Å²) in [6.07, 6.45) is 1.02. The summed E-state index contributed by atoms with van der Waals surface area (Å²) < 4.78 is 0. The minimum absolute atomic E-state index is 0.0468.